The highest BCUT2D eigenvalue weighted by atomic mass is 35.5. The van der Waals surface area contributed by atoms with Crippen LogP contribution in [0, 0.1) is 0 Å². The van der Waals surface area contributed by atoms with Crippen LogP contribution in [-0.2, 0) is 0 Å². The maximum Gasteiger partial charge on any atom is 0.243 e. The second-order valence-corrected chi connectivity index (χ2v) is 5.80. The second kappa shape index (κ2) is 6.03. The molecule has 0 saturated heterocycles. The number of aromatic nitrogens is 5. The number of Topliss-reactive ketones (excluding diaryl/α,β-unsaturated/α-hetero) is 1. The van der Waals surface area contributed by atoms with E-state index in [4.69, 9.17) is 11.6 Å². The predicted molar refractivity (Wildman–Crippen MR) is 94.8 cm³/mol. The summed E-state index contributed by atoms with van der Waals surface area (Å²) >= 11 is 5.95. The van der Waals surface area contributed by atoms with E-state index in [0.29, 0.717) is 17.2 Å². The number of nitrogens with one attached hydrogen (secondary N) is 1. The number of hydrogen-bond donors (Lipinski definition) is 1. The molecule has 1 N–H and O–H groups in total. The highest BCUT2D eigenvalue weighted by Gasteiger charge is 2.09. The van der Waals surface area contributed by atoms with E-state index in [0.717, 1.165) is 11.2 Å². The number of hydrogen-bond acceptors (Lipinski definition) is 5. The van der Waals surface area contributed by atoms with Crippen molar-refractivity contribution in [3.05, 3.63) is 66.0 Å². The molecule has 0 unspecified atom stereocenters. The topological polar surface area (TPSA) is 77.1 Å². The third-order valence-electron chi connectivity index (χ3n) is 3.75. The molecular formula is C17H13ClN6O. The van der Waals surface area contributed by atoms with Gasteiger partial charge in [0.15, 0.2) is 11.6 Å². The summed E-state index contributed by atoms with van der Waals surface area (Å²) < 4.78 is 3.47. The molecule has 0 bridgehead atoms. The first-order chi connectivity index (χ1) is 12.1. The predicted octanol–water partition coefficient (Wildman–Crippen LogP) is 3.51. The van der Waals surface area contributed by atoms with E-state index >= 15 is 0 Å². The van der Waals surface area contributed by atoms with Gasteiger partial charge in [0.25, 0.3) is 0 Å². The summed E-state index contributed by atoms with van der Waals surface area (Å²) in [5.74, 6) is 1.19. The van der Waals surface area contributed by atoms with Crippen LogP contribution in [0.4, 0.5) is 11.6 Å². The first kappa shape index (κ1) is 15.3. The van der Waals surface area contributed by atoms with Crippen LogP contribution < -0.4 is 5.32 Å². The zero-order chi connectivity index (χ0) is 17.4. The third kappa shape index (κ3) is 2.97. The zero-order valence-corrected chi connectivity index (χ0v) is 14.0. The largest absolute Gasteiger partial charge is 0.322 e. The van der Waals surface area contributed by atoms with Gasteiger partial charge in [-0.15, -0.1) is 5.10 Å². The molecule has 0 aliphatic heterocycles. The van der Waals surface area contributed by atoms with E-state index in [1.165, 1.54) is 0 Å². The molecular weight excluding hydrogens is 340 g/mol. The lowest BCUT2D eigenvalue weighted by Crippen LogP contribution is -2.01. The van der Waals surface area contributed by atoms with Gasteiger partial charge in [-0.3, -0.25) is 4.79 Å². The number of carbonyl (C=O) groups is 1. The van der Waals surface area contributed by atoms with E-state index in [2.05, 4.69) is 20.4 Å². The van der Waals surface area contributed by atoms with Crippen LogP contribution in [-0.4, -0.2) is 29.9 Å². The van der Waals surface area contributed by atoms with Crippen molar-refractivity contribution in [1.29, 1.82) is 0 Å². The van der Waals surface area contributed by atoms with Crippen molar-refractivity contribution in [1.82, 2.24) is 24.1 Å². The van der Waals surface area contributed by atoms with Crippen LogP contribution in [0.25, 0.3) is 11.2 Å². The van der Waals surface area contributed by atoms with Gasteiger partial charge in [0.2, 0.25) is 5.28 Å². The Labute approximate surface area is 147 Å². The number of fused-ring (bicyclic) bond motifs is 1. The molecule has 124 valence electrons. The number of rotatable bonds is 4. The molecule has 0 fully saturated rings. The minimum atomic E-state index is 0.0200. The Balaban J connectivity index is 1.66. The number of imidazole rings is 1. The molecule has 25 heavy (non-hydrogen) atoms. The smallest absolute Gasteiger partial charge is 0.243 e. The highest BCUT2D eigenvalue weighted by molar-refractivity contribution is 6.28. The highest BCUT2D eigenvalue weighted by Crippen LogP contribution is 2.21. The summed E-state index contributed by atoms with van der Waals surface area (Å²) in [7, 11) is 0. The lowest BCUT2D eigenvalue weighted by Gasteiger charge is -2.05. The number of anilines is 2. The van der Waals surface area contributed by atoms with Gasteiger partial charge >= 0.3 is 0 Å². The molecule has 8 heteroatoms. The van der Waals surface area contributed by atoms with Crippen molar-refractivity contribution < 1.29 is 4.79 Å². The van der Waals surface area contributed by atoms with E-state index in [1.54, 1.807) is 30.0 Å². The van der Waals surface area contributed by atoms with Crippen LogP contribution in [0.5, 0.6) is 0 Å². The summed E-state index contributed by atoms with van der Waals surface area (Å²) in [4.78, 5) is 20.1. The fourth-order valence-electron chi connectivity index (χ4n) is 2.54. The Morgan fingerprint density at radius 3 is 2.96 bits per heavy atom. The van der Waals surface area contributed by atoms with Crippen molar-refractivity contribution in [3.63, 3.8) is 0 Å². The zero-order valence-electron chi connectivity index (χ0n) is 13.2. The lowest BCUT2D eigenvalue weighted by atomic mass is 10.1. The summed E-state index contributed by atoms with van der Waals surface area (Å²) in [5, 5.41) is 7.38. The maximum atomic E-state index is 11.5. The maximum absolute atomic E-state index is 11.5. The molecule has 4 aromatic rings. The van der Waals surface area contributed by atoms with Crippen LogP contribution in [0.1, 0.15) is 17.3 Å². The normalized spacial score (nSPS) is 11.0. The molecule has 0 aliphatic rings. The monoisotopic (exact) mass is 352 g/mol. The molecule has 3 aromatic heterocycles. The Bertz CT molecular complexity index is 1080. The number of ketones is 1. The van der Waals surface area contributed by atoms with Gasteiger partial charge in [-0.1, -0.05) is 12.1 Å². The van der Waals surface area contributed by atoms with Gasteiger partial charge in [0.1, 0.15) is 17.7 Å². The minimum Gasteiger partial charge on any atom is -0.322 e. The molecule has 4 rings (SSSR count). The number of carbonyl (C=O) groups excluding carboxylic acids is 1. The number of nitrogens with zero attached hydrogens (tertiary/aromatic N) is 5. The summed E-state index contributed by atoms with van der Waals surface area (Å²) in [6, 6.07) is 11.1. The van der Waals surface area contributed by atoms with Gasteiger partial charge in [-0.25, -0.2) is 9.50 Å². The van der Waals surface area contributed by atoms with Gasteiger partial charge in [0.05, 0.1) is 6.20 Å². The minimum absolute atomic E-state index is 0.0200. The summed E-state index contributed by atoms with van der Waals surface area (Å²) in [5.41, 5.74) is 2.29. The van der Waals surface area contributed by atoms with Crippen molar-refractivity contribution >= 4 is 34.5 Å². The van der Waals surface area contributed by atoms with Crippen molar-refractivity contribution in [3.8, 4) is 5.69 Å². The third-order valence-corrected chi connectivity index (χ3v) is 3.91. The lowest BCUT2D eigenvalue weighted by molar-refractivity contribution is 0.101. The second-order valence-electron chi connectivity index (χ2n) is 5.47. The molecule has 3 heterocycles. The van der Waals surface area contributed by atoms with Crippen molar-refractivity contribution in [2.24, 2.45) is 0 Å². The molecule has 7 nitrogen and oxygen atoms in total. The first-order valence-electron chi connectivity index (χ1n) is 7.53. The van der Waals surface area contributed by atoms with Gasteiger partial charge in [-0.2, -0.15) is 4.98 Å². The van der Waals surface area contributed by atoms with Crippen LogP contribution in [0.2, 0.25) is 5.28 Å². The van der Waals surface area contributed by atoms with Gasteiger partial charge in [-0.05, 0) is 42.8 Å². The molecule has 1 aromatic carbocycles. The van der Waals surface area contributed by atoms with E-state index in [-0.39, 0.29) is 11.1 Å². The Morgan fingerprint density at radius 1 is 1.24 bits per heavy atom. The summed E-state index contributed by atoms with van der Waals surface area (Å²) in [6.07, 6.45) is 5.27. The quantitative estimate of drug-likeness (QED) is 0.569. The average molecular weight is 353 g/mol. The molecule has 0 saturated carbocycles. The number of halogens is 1. The standard InChI is InChI=1S/C17H13ClN6O/c1-11(25)12-4-2-5-13(8-12)23-9-15(19-10-23)20-16-14-6-3-7-24(14)22-17(18)21-16/h2-10H,1H3,(H,20,21,22). The van der Waals surface area contributed by atoms with E-state index < -0.39 is 0 Å². The van der Waals surface area contributed by atoms with Gasteiger partial charge in [0, 0.05) is 17.4 Å². The Morgan fingerprint density at radius 2 is 2.12 bits per heavy atom. The van der Waals surface area contributed by atoms with E-state index in [9.17, 15) is 4.79 Å². The molecule has 0 radical (unpaired) electrons. The van der Waals surface area contributed by atoms with Crippen molar-refractivity contribution in [2.45, 2.75) is 6.92 Å². The van der Waals surface area contributed by atoms with E-state index in [1.807, 2.05) is 41.1 Å². The van der Waals surface area contributed by atoms with Crippen LogP contribution in [0.15, 0.2) is 55.1 Å². The molecule has 0 spiro atoms. The number of benzene rings is 1. The SMILES string of the molecule is CC(=O)c1cccc(-n2cnc(Nc3nc(Cl)nn4cccc34)c2)c1. The molecule has 0 amide bonds. The van der Waals surface area contributed by atoms with Crippen LogP contribution in [0.3, 0.4) is 0 Å². The van der Waals surface area contributed by atoms with Gasteiger partial charge < -0.3 is 9.88 Å². The molecule has 0 atom stereocenters. The fourth-order valence-corrected chi connectivity index (χ4v) is 2.70. The first-order valence-corrected chi connectivity index (χ1v) is 7.91. The van der Waals surface area contributed by atoms with Crippen molar-refractivity contribution in [2.75, 3.05) is 5.32 Å². The Hall–Kier alpha value is -3.19. The Kier molecular flexibility index (Phi) is 3.70. The fraction of sp³-hybridized carbons (Fsp3) is 0.0588. The average Bonchev–Trinajstić information content (AvgIpc) is 3.24. The van der Waals surface area contributed by atoms with Crippen LogP contribution >= 0.6 is 11.6 Å². The molecule has 0 aliphatic carbocycles. The summed E-state index contributed by atoms with van der Waals surface area (Å²) in [6.45, 7) is 1.54.